The standard InChI is InChI=1S/C15H20ClN3/c1-2-15(8-3-4-9-15)10-19-13-11(16)6-5-7-12(13)18-14(19)17/h5-7H,2-4,8-10H2,1H3,(H2,17,18). The van der Waals surface area contributed by atoms with Crippen LogP contribution in [0.5, 0.6) is 0 Å². The number of nitrogens with zero attached hydrogens (tertiary/aromatic N) is 2. The summed E-state index contributed by atoms with van der Waals surface area (Å²) in [5.41, 5.74) is 8.37. The maximum atomic E-state index is 6.33. The summed E-state index contributed by atoms with van der Waals surface area (Å²) in [6.45, 7) is 3.22. The highest BCUT2D eigenvalue weighted by atomic mass is 35.5. The van der Waals surface area contributed by atoms with E-state index in [0.29, 0.717) is 11.4 Å². The lowest BCUT2D eigenvalue weighted by Gasteiger charge is -2.28. The monoisotopic (exact) mass is 277 g/mol. The number of benzene rings is 1. The Morgan fingerprint density at radius 3 is 2.79 bits per heavy atom. The van der Waals surface area contributed by atoms with E-state index in [1.54, 1.807) is 0 Å². The summed E-state index contributed by atoms with van der Waals surface area (Å²) in [6.07, 6.45) is 6.42. The number of fused-ring (bicyclic) bond motifs is 1. The van der Waals surface area contributed by atoms with Crippen molar-refractivity contribution in [2.45, 2.75) is 45.6 Å². The second kappa shape index (κ2) is 4.71. The Morgan fingerprint density at radius 2 is 2.11 bits per heavy atom. The van der Waals surface area contributed by atoms with Crippen LogP contribution in [0.1, 0.15) is 39.0 Å². The van der Waals surface area contributed by atoms with E-state index < -0.39 is 0 Å². The molecule has 0 radical (unpaired) electrons. The maximum absolute atomic E-state index is 6.33. The molecule has 4 heteroatoms. The van der Waals surface area contributed by atoms with Crippen LogP contribution in [0.3, 0.4) is 0 Å². The van der Waals surface area contributed by atoms with Crippen LogP contribution in [0.15, 0.2) is 18.2 Å². The van der Waals surface area contributed by atoms with Gasteiger partial charge in [0, 0.05) is 6.54 Å². The molecular weight excluding hydrogens is 258 g/mol. The summed E-state index contributed by atoms with van der Waals surface area (Å²) in [6, 6.07) is 5.81. The van der Waals surface area contributed by atoms with E-state index in [2.05, 4.69) is 16.5 Å². The van der Waals surface area contributed by atoms with Crippen molar-refractivity contribution >= 4 is 28.6 Å². The van der Waals surface area contributed by atoms with Crippen molar-refractivity contribution in [3.05, 3.63) is 23.2 Å². The maximum Gasteiger partial charge on any atom is 0.201 e. The molecule has 1 aliphatic rings. The number of nitrogen functional groups attached to an aromatic ring is 1. The topological polar surface area (TPSA) is 43.8 Å². The fourth-order valence-electron chi connectivity index (χ4n) is 3.40. The largest absolute Gasteiger partial charge is 0.369 e. The average molecular weight is 278 g/mol. The lowest BCUT2D eigenvalue weighted by molar-refractivity contribution is 0.242. The normalized spacial score (nSPS) is 18.2. The molecule has 2 N–H and O–H groups in total. The van der Waals surface area contributed by atoms with Gasteiger partial charge in [0.2, 0.25) is 5.95 Å². The Morgan fingerprint density at radius 1 is 1.37 bits per heavy atom. The van der Waals surface area contributed by atoms with Crippen molar-refractivity contribution in [2.75, 3.05) is 5.73 Å². The number of aromatic nitrogens is 2. The molecule has 1 fully saturated rings. The Balaban J connectivity index is 2.07. The van der Waals surface area contributed by atoms with Crippen LogP contribution in [-0.4, -0.2) is 9.55 Å². The number of anilines is 1. The van der Waals surface area contributed by atoms with Crippen molar-refractivity contribution in [2.24, 2.45) is 5.41 Å². The summed E-state index contributed by atoms with van der Waals surface area (Å²) < 4.78 is 2.12. The number of imidazole rings is 1. The van der Waals surface area contributed by atoms with Crippen LogP contribution >= 0.6 is 11.6 Å². The first-order valence-electron chi connectivity index (χ1n) is 7.05. The van der Waals surface area contributed by atoms with Gasteiger partial charge in [0.05, 0.1) is 16.1 Å². The summed E-state index contributed by atoms with van der Waals surface area (Å²) in [5.74, 6) is 0.586. The van der Waals surface area contributed by atoms with Crippen molar-refractivity contribution < 1.29 is 0 Å². The molecule has 3 nitrogen and oxygen atoms in total. The second-order valence-electron chi connectivity index (χ2n) is 5.72. The van der Waals surface area contributed by atoms with Crippen LogP contribution in [0.2, 0.25) is 5.02 Å². The highest BCUT2D eigenvalue weighted by Gasteiger charge is 2.33. The van der Waals surface area contributed by atoms with Gasteiger partial charge in [-0.05, 0) is 36.8 Å². The molecule has 1 heterocycles. The molecule has 102 valence electrons. The van der Waals surface area contributed by atoms with E-state index >= 15 is 0 Å². The number of halogens is 1. The number of rotatable bonds is 3. The molecule has 1 aliphatic carbocycles. The molecule has 0 bridgehead atoms. The molecule has 0 spiro atoms. The van der Waals surface area contributed by atoms with Crippen LogP contribution in [0.4, 0.5) is 5.95 Å². The predicted octanol–water partition coefficient (Wildman–Crippen LogP) is 4.24. The van der Waals surface area contributed by atoms with Gasteiger partial charge < -0.3 is 10.3 Å². The minimum atomic E-state index is 0.376. The van der Waals surface area contributed by atoms with Gasteiger partial charge >= 0.3 is 0 Å². The lowest BCUT2D eigenvalue weighted by Crippen LogP contribution is -2.23. The van der Waals surface area contributed by atoms with E-state index in [1.165, 1.54) is 32.1 Å². The van der Waals surface area contributed by atoms with Crippen molar-refractivity contribution in [1.82, 2.24) is 9.55 Å². The zero-order chi connectivity index (χ0) is 13.5. The first-order chi connectivity index (χ1) is 9.15. The molecule has 1 saturated carbocycles. The van der Waals surface area contributed by atoms with Crippen molar-refractivity contribution in [1.29, 1.82) is 0 Å². The van der Waals surface area contributed by atoms with Crippen LogP contribution in [-0.2, 0) is 6.54 Å². The predicted molar refractivity (Wildman–Crippen MR) is 80.3 cm³/mol. The molecule has 1 aromatic heterocycles. The average Bonchev–Trinajstić information content (AvgIpc) is 2.97. The minimum absolute atomic E-state index is 0.376. The molecular formula is C15H20ClN3. The molecule has 19 heavy (non-hydrogen) atoms. The van der Waals surface area contributed by atoms with Crippen LogP contribution in [0, 0.1) is 5.41 Å². The third-order valence-corrected chi connectivity index (χ3v) is 4.96. The first kappa shape index (κ1) is 12.8. The van der Waals surface area contributed by atoms with Crippen molar-refractivity contribution in [3.63, 3.8) is 0 Å². The van der Waals surface area contributed by atoms with Gasteiger partial charge in [-0.1, -0.05) is 37.4 Å². The Kier molecular flexibility index (Phi) is 3.17. The van der Waals surface area contributed by atoms with E-state index in [1.807, 2.05) is 18.2 Å². The van der Waals surface area contributed by atoms with E-state index in [0.717, 1.165) is 22.6 Å². The number of para-hydroxylation sites is 1. The quantitative estimate of drug-likeness (QED) is 0.912. The Bertz CT molecular complexity index is 597. The van der Waals surface area contributed by atoms with Gasteiger partial charge in [0.1, 0.15) is 0 Å². The second-order valence-corrected chi connectivity index (χ2v) is 6.13. The summed E-state index contributed by atoms with van der Waals surface area (Å²) in [5, 5.41) is 0.742. The Labute approximate surface area is 118 Å². The number of hydrogen-bond acceptors (Lipinski definition) is 2. The zero-order valence-corrected chi connectivity index (χ0v) is 12.1. The summed E-state index contributed by atoms with van der Waals surface area (Å²) in [7, 11) is 0. The fraction of sp³-hybridized carbons (Fsp3) is 0.533. The molecule has 3 rings (SSSR count). The van der Waals surface area contributed by atoms with Crippen molar-refractivity contribution in [3.8, 4) is 0 Å². The third-order valence-electron chi connectivity index (χ3n) is 4.65. The van der Waals surface area contributed by atoms with Gasteiger partial charge in [-0.3, -0.25) is 0 Å². The van der Waals surface area contributed by atoms with Crippen LogP contribution in [0.25, 0.3) is 11.0 Å². The van der Waals surface area contributed by atoms with Gasteiger partial charge in [0.15, 0.2) is 0 Å². The molecule has 0 amide bonds. The van der Waals surface area contributed by atoms with Gasteiger partial charge in [-0.2, -0.15) is 0 Å². The third kappa shape index (κ3) is 2.10. The van der Waals surface area contributed by atoms with E-state index in [4.69, 9.17) is 17.3 Å². The molecule has 2 aromatic rings. The summed E-state index contributed by atoms with van der Waals surface area (Å²) in [4.78, 5) is 4.44. The number of nitrogens with two attached hydrogens (primary N) is 1. The zero-order valence-electron chi connectivity index (χ0n) is 11.3. The molecule has 1 aromatic carbocycles. The van der Waals surface area contributed by atoms with Gasteiger partial charge in [-0.25, -0.2) is 4.98 Å². The minimum Gasteiger partial charge on any atom is -0.369 e. The molecule has 0 saturated heterocycles. The molecule has 0 aliphatic heterocycles. The van der Waals surface area contributed by atoms with E-state index in [-0.39, 0.29) is 0 Å². The lowest BCUT2D eigenvalue weighted by atomic mass is 9.83. The van der Waals surface area contributed by atoms with Gasteiger partial charge in [0.25, 0.3) is 0 Å². The van der Waals surface area contributed by atoms with E-state index in [9.17, 15) is 0 Å². The smallest absolute Gasteiger partial charge is 0.201 e. The first-order valence-corrected chi connectivity index (χ1v) is 7.43. The highest BCUT2D eigenvalue weighted by molar-refractivity contribution is 6.35. The molecule has 0 unspecified atom stereocenters. The summed E-state index contributed by atoms with van der Waals surface area (Å²) >= 11 is 6.33. The van der Waals surface area contributed by atoms with Crippen LogP contribution < -0.4 is 5.73 Å². The molecule has 0 atom stereocenters. The highest BCUT2D eigenvalue weighted by Crippen LogP contribution is 2.43. The number of hydrogen-bond donors (Lipinski definition) is 1. The Hall–Kier alpha value is -1.22. The SMILES string of the molecule is CCC1(Cn2c(N)nc3cccc(Cl)c32)CCCC1. The fourth-order valence-corrected chi connectivity index (χ4v) is 3.68. The van der Waals surface area contributed by atoms with Gasteiger partial charge in [-0.15, -0.1) is 0 Å².